The average Bonchev–Trinajstić information content (AvgIpc) is 3.09. The van der Waals surface area contributed by atoms with E-state index in [4.69, 9.17) is 4.74 Å². The van der Waals surface area contributed by atoms with Gasteiger partial charge >= 0.3 is 0 Å². The number of rotatable bonds is 4. The van der Waals surface area contributed by atoms with Crippen molar-refractivity contribution in [1.82, 2.24) is 15.2 Å². The van der Waals surface area contributed by atoms with E-state index in [1.165, 1.54) is 11.1 Å². The van der Waals surface area contributed by atoms with Crippen molar-refractivity contribution in [3.8, 4) is 0 Å². The van der Waals surface area contributed by atoms with E-state index in [1.54, 1.807) is 7.11 Å². The van der Waals surface area contributed by atoms with Crippen LogP contribution in [-0.2, 0) is 4.74 Å². The standard InChI is InChI=1S/C19H27N3O2/c1-6-22-9-15(16(10-22)24-5)20-19(23)18-13(4)14-8-11(2)7-12(3)17(14)21-18/h7-8,15-16,21H,6,9-10H2,1-5H3,(H,20,23)/t15-,16-/m1/s1. The Balaban J connectivity index is 1.87. The summed E-state index contributed by atoms with van der Waals surface area (Å²) in [6, 6.07) is 4.30. The Bertz CT molecular complexity index is 766. The molecule has 3 rings (SSSR count). The Hall–Kier alpha value is -1.85. The first-order valence-electron chi connectivity index (χ1n) is 8.60. The highest BCUT2D eigenvalue weighted by atomic mass is 16.5. The predicted octanol–water partition coefficient (Wildman–Crippen LogP) is 2.54. The molecule has 2 heterocycles. The molecule has 1 fully saturated rings. The van der Waals surface area contributed by atoms with Gasteiger partial charge in [0, 0.05) is 31.1 Å². The van der Waals surface area contributed by atoms with Crippen LogP contribution in [0.2, 0.25) is 0 Å². The number of nitrogens with one attached hydrogen (secondary N) is 2. The largest absolute Gasteiger partial charge is 0.378 e. The van der Waals surface area contributed by atoms with E-state index >= 15 is 0 Å². The van der Waals surface area contributed by atoms with Gasteiger partial charge < -0.3 is 15.0 Å². The maximum absolute atomic E-state index is 12.8. The first-order valence-corrected chi connectivity index (χ1v) is 8.60. The van der Waals surface area contributed by atoms with E-state index in [0.29, 0.717) is 5.69 Å². The minimum atomic E-state index is -0.0502. The number of amides is 1. The van der Waals surface area contributed by atoms with Crippen LogP contribution >= 0.6 is 0 Å². The lowest BCUT2D eigenvalue weighted by atomic mass is 10.1. The van der Waals surface area contributed by atoms with Crippen molar-refractivity contribution in [2.24, 2.45) is 0 Å². The molecule has 0 radical (unpaired) electrons. The zero-order valence-corrected chi connectivity index (χ0v) is 15.2. The summed E-state index contributed by atoms with van der Waals surface area (Å²) in [4.78, 5) is 18.4. The van der Waals surface area contributed by atoms with Crippen molar-refractivity contribution in [3.05, 3.63) is 34.5 Å². The molecule has 2 N–H and O–H groups in total. The maximum Gasteiger partial charge on any atom is 0.268 e. The summed E-state index contributed by atoms with van der Waals surface area (Å²) >= 11 is 0. The highest BCUT2D eigenvalue weighted by Crippen LogP contribution is 2.26. The summed E-state index contributed by atoms with van der Waals surface area (Å²) < 4.78 is 5.55. The molecule has 1 aromatic carbocycles. The molecule has 130 valence electrons. The van der Waals surface area contributed by atoms with Gasteiger partial charge in [0.05, 0.1) is 12.1 Å². The zero-order valence-electron chi connectivity index (χ0n) is 15.2. The molecule has 1 aliphatic heterocycles. The first kappa shape index (κ1) is 17.0. The smallest absolute Gasteiger partial charge is 0.268 e. The van der Waals surface area contributed by atoms with E-state index in [-0.39, 0.29) is 18.1 Å². The number of ether oxygens (including phenoxy) is 1. The highest BCUT2D eigenvalue weighted by molar-refractivity contribution is 6.01. The number of hydrogen-bond donors (Lipinski definition) is 2. The zero-order chi connectivity index (χ0) is 17.4. The quantitative estimate of drug-likeness (QED) is 0.906. The number of carbonyl (C=O) groups excluding carboxylic acids is 1. The van der Waals surface area contributed by atoms with Crippen LogP contribution in [0.3, 0.4) is 0 Å². The number of methoxy groups -OCH3 is 1. The number of carbonyl (C=O) groups is 1. The van der Waals surface area contributed by atoms with Crippen LogP contribution in [0.15, 0.2) is 12.1 Å². The molecule has 5 nitrogen and oxygen atoms in total. The van der Waals surface area contributed by atoms with Crippen molar-refractivity contribution in [3.63, 3.8) is 0 Å². The molecule has 1 aliphatic rings. The molecule has 0 spiro atoms. The van der Waals surface area contributed by atoms with Crippen LogP contribution in [0, 0.1) is 20.8 Å². The van der Waals surface area contributed by atoms with Crippen LogP contribution < -0.4 is 5.32 Å². The van der Waals surface area contributed by atoms with Gasteiger partial charge in [-0.3, -0.25) is 9.69 Å². The number of nitrogens with zero attached hydrogens (tertiary/aromatic N) is 1. The number of aromatic nitrogens is 1. The Morgan fingerprint density at radius 2 is 2.08 bits per heavy atom. The summed E-state index contributed by atoms with van der Waals surface area (Å²) in [5, 5.41) is 4.29. The summed E-state index contributed by atoms with van der Waals surface area (Å²) in [7, 11) is 1.71. The molecule has 1 aromatic heterocycles. The van der Waals surface area contributed by atoms with E-state index < -0.39 is 0 Å². The third-order valence-electron chi connectivity index (χ3n) is 5.14. The van der Waals surface area contributed by atoms with Crippen LogP contribution in [0.5, 0.6) is 0 Å². The van der Waals surface area contributed by atoms with E-state index in [2.05, 4.69) is 48.1 Å². The fourth-order valence-corrected chi connectivity index (χ4v) is 3.74. The predicted molar refractivity (Wildman–Crippen MR) is 96.7 cm³/mol. The molecule has 0 saturated carbocycles. The number of likely N-dealkylation sites (tertiary alicyclic amines) is 1. The third kappa shape index (κ3) is 2.94. The topological polar surface area (TPSA) is 57.4 Å². The molecule has 0 aliphatic carbocycles. The minimum Gasteiger partial charge on any atom is -0.378 e. The van der Waals surface area contributed by atoms with Crippen LogP contribution in [-0.4, -0.2) is 54.7 Å². The SMILES string of the molecule is CCN1C[C@@H](NC(=O)c2[nH]c3c(C)cc(C)cc3c2C)[C@H](OC)C1. The lowest BCUT2D eigenvalue weighted by Gasteiger charge is -2.18. The van der Waals surface area contributed by atoms with E-state index in [9.17, 15) is 4.79 Å². The molecule has 2 atom stereocenters. The molecule has 0 bridgehead atoms. The van der Waals surface area contributed by atoms with Gasteiger partial charge in [-0.2, -0.15) is 0 Å². The number of benzene rings is 1. The van der Waals surface area contributed by atoms with Gasteiger partial charge in [0.15, 0.2) is 0 Å². The first-order chi connectivity index (χ1) is 11.4. The highest BCUT2D eigenvalue weighted by Gasteiger charge is 2.33. The second-order valence-corrected chi connectivity index (χ2v) is 6.84. The Labute approximate surface area is 143 Å². The number of likely N-dealkylation sites (N-methyl/N-ethyl adjacent to an activating group) is 1. The number of hydrogen-bond acceptors (Lipinski definition) is 3. The normalized spacial score (nSPS) is 21.5. The average molecular weight is 329 g/mol. The van der Waals surface area contributed by atoms with Crippen molar-refractivity contribution in [2.45, 2.75) is 39.8 Å². The van der Waals surface area contributed by atoms with Crippen molar-refractivity contribution >= 4 is 16.8 Å². The van der Waals surface area contributed by atoms with E-state index in [0.717, 1.165) is 36.1 Å². The molecular formula is C19H27N3O2. The second kappa shape index (κ2) is 6.57. The number of aromatic amines is 1. The van der Waals surface area contributed by atoms with Crippen LogP contribution in [0.1, 0.15) is 34.1 Å². The fourth-order valence-electron chi connectivity index (χ4n) is 3.74. The number of fused-ring (bicyclic) bond motifs is 1. The number of aryl methyl sites for hydroxylation is 3. The van der Waals surface area contributed by atoms with Crippen molar-refractivity contribution in [1.29, 1.82) is 0 Å². The van der Waals surface area contributed by atoms with Gasteiger partial charge in [0.1, 0.15) is 5.69 Å². The number of H-pyrrole nitrogens is 1. The van der Waals surface area contributed by atoms with Crippen molar-refractivity contribution < 1.29 is 9.53 Å². The van der Waals surface area contributed by atoms with Crippen molar-refractivity contribution in [2.75, 3.05) is 26.7 Å². The summed E-state index contributed by atoms with van der Waals surface area (Å²) in [5.74, 6) is -0.0502. The minimum absolute atomic E-state index is 0.0242. The van der Waals surface area contributed by atoms with Gasteiger partial charge in [0.2, 0.25) is 0 Å². The lowest BCUT2D eigenvalue weighted by Crippen LogP contribution is -2.43. The monoisotopic (exact) mass is 329 g/mol. The van der Waals surface area contributed by atoms with E-state index in [1.807, 2.05) is 6.92 Å². The second-order valence-electron chi connectivity index (χ2n) is 6.84. The third-order valence-corrected chi connectivity index (χ3v) is 5.14. The molecule has 1 amide bonds. The molecule has 24 heavy (non-hydrogen) atoms. The summed E-state index contributed by atoms with van der Waals surface area (Å²) in [5.41, 5.74) is 5.09. The molecule has 5 heteroatoms. The lowest BCUT2D eigenvalue weighted by molar-refractivity contribution is 0.0759. The van der Waals surface area contributed by atoms with Gasteiger partial charge in [0.25, 0.3) is 5.91 Å². The summed E-state index contributed by atoms with van der Waals surface area (Å²) in [6.07, 6.45) is 0.0440. The van der Waals surface area contributed by atoms with Gasteiger partial charge in [-0.05, 0) is 44.5 Å². The Morgan fingerprint density at radius 1 is 1.33 bits per heavy atom. The Kier molecular flexibility index (Phi) is 4.65. The fraction of sp³-hybridized carbons (Fsp3) is 0.526. The molecule has 1 saturated heterocycles. The van der Waals surface area contributed by atoms with Gasteiger partial charge in [-0.1, -0.05) is 18.6 Å². The van der Waals surface area contributed by atoms with Crippen LogP contribution in [0.25, 0.3) is 10.9 Å². The van der Waals surface area contributed by atoms with Crippen LogP contribution in [0.4, 0.5) is 0 Å². The van der Waals surface area contributed by atoms with Gasteiger partial charge in [-0.25, -0.2) is 0 Å². The van der Waals surface area contributed by atoms with Gasteiger partial charge in [-0.15, -0.1) is 0 Å². The molecule has 2 aromatic rings. The molecule has 0 unspecified atom stereocenters. The molecular weight excluding hydrogens is 302 g/mol. The Morgan fingerprint density at radius 3 is 2.75 bits per heavy atom. The summed E-state index contributed by atoms with van der Waals surface area (Å²) in [6.45, 7) is 11.0. The maximum atomic E-state index is 12.8.